The van der Waals surface area contributed by atoms with Gasteiger partial charge in [-0.25, -0.2) is 0 Å². The van der Waals surface area contributed by atoms with Crippen LogP contribution in [0.1, 0.15) is 26.7 Å². The number of oxime groups is 1. The maximum Gasteiger partial charge on any atom is 0.156 e. The van der Waals surface area contributed by atoms with E-state index in [1.807, 2.05) is 6.92 Å². The molecular weight excluding hydrogens is 198 g/mol. The maximum absolute atomic E-state index is 8.57. The van der Waals surface area contributed by atoms with Crippen LogP contribution in [-0.4, -0.2) is 35.1 Å². The van der Waals surface area contributed by atoms with Gasteiger partial charge >= 0.3 is 0 Å². The van der Waals surface area contributed by atoms with E-state index >= 15 is 0 Å². The van der Waals surface area contributed by atoms with Gasteiger partial charge in [0.15, 0.2) is 5.84 Å². The minimum atomic E-state index is -0.0166. The standard InChI is InChI=1S/C9H21N3OS/c1-4-7(6-14-3)11-8(5-2)9(10)12-13/h7-8,11,13H,4-6H2,1-3H3,(H2,10,12). The number of amidine groups is 1. The summed E-state index contributed by atoms with van der Waals surface area (Å²) in [5, 5.41) is 15.0. The topological polar surface area (TPSA) is 70.6 Å². The fourth-order valence-electron chi connectivity index (χ4n) is 1.25. The van der Waals surface area contributed by atoms with Crippen LogP contribution in [0.15, 0.2) is 5.16 Å². The second kappa shape index (κ2) is 7.94. The molecule has 4 N–H and O–H groups in total. The molecule has 0 aliphatic carbocycles. The Morgan fingerprint density at radius 2 is 2.14 bits per heavy atom. The maximum atomic E-state index is 8.57. The Kier molecular flexibility index (Phi) is 7.70. The third-order valence-corrected chi connectivity index (χ3v) is 2.91. The van der Waals surface area contributed by atoms with Crippen molar-refractivity contribution in [2.24, 2.45) is 10.9 Å². The first-order valence-electron chi connectivity index (χ1n) is 4.91. The van der Waals surface area contributed by atoms with Gasteiger partial charge < -0.3 is 16.3 Å². The second-order valence-electron chi connectivity index (χ2n) is 3.21. The van der Waals surface area contributed by atoms with Crippen molar-refractivity contribution in [1.82, 2.24) is 5.32 Å². The number of nitrogens with one attached hydrogen (secondary N) is 1. The van der Waals surface area contributed by atoms with Crippen LogP contribution in [0.5, 0.6) is 0 Å². The Morgan fingerprint density at radius 1 is 1.50 bits per heavy atom. The van der Waals surface area contributed by atoms with Crippen molar-refractivity contribution < 1.29 is 5.21 Å². The lowest BCUT2D eigenvalue weighted by Gasteiger charge is -2.22. The summed E-state index contributed by atoms with van der Waals surface area (Å²) in [5.74, 6) is 1.32. The van der Waals surface area contributed by atoms with Gasteiger partial charge in [0.05, 0.1) is 6.04 Å². The van der Waals surface area contributed by atoms with Gasteiger partial charge in [-0.05, 0) is 19.1 Å². The predicted octanol–water partition coefficient (Wildman–Crippen LogP) is 1.24. The third-order valence-electron chi connectivity index (χ3n) is 2.18. The van der Waals surface area contributed by atoms with Gasteiger partial charge in [0, 0.05) is 11.8 Å². The lowest BCUT2D eigenvalue weighted by Crippen LogP contribution is -2.46. The Morgan fingerprint density at radius 3 is 2.50 bits per heavy atom. The number of thioether (sulfide) groups is 1. The third kappa shape index (κ3) is 4.72. The van der Waals surface area contributed by atoms with Gasteiger partial charge in [0.2, 0.25) is 0 Å². The lowest BCUT2D eigenvalue weighted by atomic mass is 10.1. The molecule has 0 aromatic carbocycles. The first-order chi connectivity index (χ1) is 6.69. The SMILES string of the molecule is CCC(CSC)NC(CC)C(N)=NO. The molecular formula is C9H21N3OS. The Hall–Kier alpha value is -0.420. The second-order valence-corrected chi connectivity index (χ2v) is 4.12. The van der Waals surface area contributed by atoms with E-state index in [4.69, 9.17) is 10.9 Å². The molecule has 0 aliphatic heterocycles. The first-order valence-corrected chi connectivity index (χ1v) is 6.31. The molecule has 84 valence electrons. The summed E-state index contributed by atoms with van der Waals surface area (Å²) >= 11 is 1.80. The largest absolute Gasteiger partial charge is 0.409 e. The van der Waals surface area contributed by atoms with Crippen LogP contribution in [0.25, 0.3) is 0 Å². The summed E-state index contributed by atoms with van der Waals surface area (Å²) in [7, 11) is 0. The first kappa shape index (κ1) is 13.6. The average Bonchev–Trinajstić information content (AvgIpc) is 2.23. The minimum absolute atomic E-state index is 0.0166. The van der Waals surface area contributed by atoms with Gasteiger partial charge in [-0.1, -0.05) is 19.0 Å². The summed E-state index contributed by atoms with van der Waals surface area (Å²) in [6, 6.07) is 0.410. The number of rotatable bonds is 7. The molecule has 0 heterocycles. The molecule has 2 atom stereocenters. The van der Waals surface area contributed by atoms with Crippen LogP contribution in [0.2, 0.25) is 0 Å². The van der Waals surface area contributed by atoms with Crippen LogP contribution in [0.4, 0.5) is 0 Å². The quantitative estimate of drug-likeness (QED) is 0.261. The zero-order valence-electron chi connectivity index (χ0n) is 9.16. The highest BCUT2D eigenvalue weighted by Gasteiger charge is 2.15. The Labute approximate surface area is 90.3 Å². The molecule has 0 aliphatic rings. The molecule has 5 heteroatoms. The highest BCUT2D eigenvalue weighted by atomic mass is 32.2. The highest BCUT2D eigenvalue weighted by Crippen LogP contribution is 2.03. The van der Waals surface area contributed by atoms with Crippen LogP contribution < -0.4 is 11.1 Å². The van der Waals surface area contributed by atoms with Crippen molar-refractivity contribution in [2.45, 2.75) is 38.8 Å². The van der Waals surface area contributed by atoms with Crippen molar-refractivity contribution in [3.63, 3.8) is 0 Å². The molecule has 4 nitrogen and oxygen atoms in total. The molecule has 2 unspecified atom stereocenters. The molecule has 0 amide bonds. The summed E-state index contributed by atoms with van der Waals surface area (Å²) in [4.78, 5) is 0. The van der Waals surface area contributed by atoms with Crippen LogP contribution in [-0.2, 0) is 0 Å². The average molecular weight is 219 g/mol. The van der Waals surface area contributed by atoms with Crippen molar-refractivity contribution >= 4 is 17.6 Å². The van der Waals surface area contributed by atoms with Crippen LogP contribution in [0, 0.1) is 0 Å². The summed E-state index contributed by atoms with van der Waals surface area (Å²) in [6.07, 6.45) is 3.96. The monoisotopic (exact) mass is 219 g/mol. The van der Waals surface area contributed by atoms with Crippen molar-refractivity contribution in [3.8, 4) is 0 Å². The van der Waals surface area contributed by atoms with Gasteiger partial charge in [0.25, 0.3) is 0 Å². The molecule has 0 rings (SSSR count). The zero-order chi connectivity index (χ0) is 11.0. The Balaban J connectivity index is 4.13. The molecule has 0 radical (unpaired) electrons. The fourth-order valence-corrected chi connectivity index (χ4v) is 1.99. The fraction of sp³-hybridized carbons (Fsp3) is 0.889. The minimum Gasteiger partial charge on any atom is -0.409 e. The summed E-state index contributed by atoms with van der Waals surface area (Å²) in [5.41, 5.74) is 5.56. The van der Waals surface area contributed by atoms with E-state index < -0.39 is 0 Å². The smallest absolute Gasteiger partial charge is 0.156 e. The number of nitrogens with two attached hydrogens (primary N) is 1. The van der Waals surface area contributed by atoms with E-state index in [1.54, 1.807) is 11.8 Å². The normalized spacial score (nSPS) is 16.6. The van der Waals surface area contributed by atoms with Gasteiger partial charge in [-0.2, -0.15) is 11.8 Å². The molecule has 0 saturated carbocycles. The van der Waals surface area contributed by atoms with E-state index in [2.05, 4.69) is 23.7 Å². The van der Waals surface area contributed by atoms with E-state index in [0.717, 1.165) is 18.6 Å². The van der Waals surface area contributed by atoms with Crippen molar-refractivity contribution in [3.05, 3.63) is 0 Å². The zero-order valence-corrected chi connectivity index (χ0v) is 9.97. The molecule has 0 saturated heterocycles. The lowest BCUT2D eigenvalue weighted by molar-refractivity contribution is 0.313. The molecule has 0 fully saturated rings. The van der Waals surface area contributed by atoms with E-state index in [9.17, 15) is 0 Å². The van der Waals surface area contributed by atoms with E-state index in [-0.39, 0.29) is 11.9 Å². The van der Waals surface area contributed by atoms with E-state index in [1.165, 1.54) is 0 Å². The molecule has 0 aromatic rings. The summed E-state index contributed by atoms with van der Waals surface area (Å²) < 4.78 is 0. The van der Waals surface area contributed by atoms with Crippen molar-refractivity contribution in [2.75, 3.05) is 12.0 Å². The molecule has 0 spiro atoms. The number of nitrogens with zero attached hydrogens (tertiary/aromatic N) is 1. The highest BCUT2D eigenvalue weighted by molar-refractivity contribution is 7.98. The van der Waals surface area contributed by atoms with Gasteiger partial charge in [-0.15, -0.1) is 0 Å². The molecule has 14 heavy (non-hydrogen) atoms. The Bertz CT molecular complexity index is 175. The van der Waals surface area contributed by atoms with E-state index in [0.29, 0.717) is 6.04 Å². The van der Waals surface area contributed by atoms with Crippen LogP contribution in [0.3, 0.4) is 0 Å². The van der Waals surface area contributed by atoms with Gasteiger partial charge in [0.1, 0.15) is 0 Å². The molecule has 0 aromatic heterocycles. The van der Waals surface area contributed by atoms with Crippen LogP contribution >= 0.6 is 11.8 Å². The molecule has 0 bridgehead atoms. The number of hydrogen-bond acceptors (Lipinski definition) is 4. The van der Waals surface area contributed by atoms with Gasteiger partial charge in [-0.3, -0.25) is 0 Å². The van der Waals surface area contributed by atoms with Crippen molar-refractivity contribution in [1.29, 1.82) is 0 Å². The summed E-state index contributed by atoms with van der Waals surface area (Å²) in [6.45, 7) is 4.15. The number of hydrogen-bond donors (Lipinski definition) is 3. The predicted molar refractivity (Wildman–Crippen MR) is 63.1 cm³/mol.